The van der Waals surface area contributed by atoms with Crippen LogP contribution in [0, 0.1) is 0 Å². The Hall–Kier alpha value is -1.07. The minimum atomic E-state index is -4.35. The van der Waals surface area contributed by atoms with Gasteiger partial charge in [-0.2, -0.15) is 13.2 Å². The van der Waals surface area contributed by atoms with E-state index in [0.717, 1.165) is 12.1 Å². The average Bonchev–Trinajstić information content (AvgIpc) is 2.26. The summed E-state index contributed by atoms with van der Waals surface area (Å²) >= 11 is 0. The van der Waals surface area contributed by atoms with Gasteiger partial charge < -0.3 is 10.4 Å². The molecule has 0 heterocycles. The Bertz CT molecular complexity index is 430. The Labute approximate surface area is 118 Å². The third-order valence-corrected chi connectivity index (χ3v) is 3.10. The van der Waals surface area contributed by atoms with Crippen molar-refractivity contribution in [2.24, 2.45) is 0 Å². The highest BCUT2D eigenvalue weighted by atomic mass is 19.4. The average molecular weight is 289 g/mol. The fourth-order valence-corrected chi connectivity index (χ4v) is 1.84. The third kappa shape index (κ3) is 5.13. The summed E-state index contributed by atoms with van der Waals surface area (Å²) in [6.45, 7) is 8.23. The summed E-state index contributed by atoms with van der Waals surface area (Å²) in [5.41, 5.74) is -1.43. The topological polar surface area (TPSA) is 32.3 Å². The molecule has 0 aliphatic carbocycles. The van der Waals surface area contributed by atoms with Crippen LogP contribution >= 0.6 is 0 Å². The molecular formula is C15H22F3NO. The molecule has 1 unspecified atom stereocenters. The maximum atomic E-state index is 12.5. The number of halogens is 3. The highest BCUT2D eigenvalue weighted by molar-refractivity contribution is 5.28. The first kappa shape index (κ1) is 17.0. The zero-order valence-electron chi connectivity index (χ0n) is 12.3. The van der Waals surface area contributed by atoms with Crippen molar-refractivity contribution in [1.82, 2.24) is 5.32 Å². The van der Waals surface area contributed by atoms with Crippen LogP contribution in [-0.2, 0) is 11.8 Å². The highest BCUT2D eigenvalue weighted by Gasteiger charge is 2.31. The molecule has 0 spiro atoms. The molecular weight excluding hydrogens is 267 g/mol. The molecule has 0 fully saturated rings. The van der Waals surface area contributed by atoms with Crippen molar-refractivity contribution in [1.29, 1.82) is 0 Å². The van der Waals surface area contributed by atoms with E-state index in [-0.39, 0.29) is 5.54 Å². The fourth-order valence-electron chi connectivity index (χ4n) is 1.84. The molecule has 0 saturated heterocycles. The molecule has 0 saturated carbocycles. The summed E-state index contributed by atoms with van der Waals surface area (Å²) in [7, 11) is 0. The van der Waals surface area contributed by atoms with Gasteiger partial charge >= 0.3 is 6.18 Å². The summed E-state index contributed by atoms with van der Waals surface area (Å²) in [6.07, 6.45) is -3.92. The lowest BCUT2D eigenvalue weighted by atomic mass is 9.91. The van der Waals surface area contributed by atoms with Crippen LogP contribution in [0.3, 0.4) is 0 Å². The molecule has 1 aromatic rings. The van der Waals surface area contributed by atoms with Crippen LogP contribution in [0.4, 0.5) is 13.2 Å². The first-order chi connectivity index (χ1) is 8.92. The zero-order valence-corrected chi connectivity index (χ0v) is 12.3. The largest absolute Gasteiger partial charge is 0.416 e. The van der Waals surface area contributed by atoms with E-state index in [1.807, 2.05) is 20.8 Å². The van der Waals surface area contributed by atoms with Crippen LogP contribution in [0.15, 0.2) is 24.3 Å². The Morgan fingerprint density at radius 3 is 1.80 bits per heavy atom. The van der Waals surface area contributed by atoms with Gasteiger partial charge in [-0.15, -0.1) is 0 Å². The van der Waals surface area contributed by atoms with Crippen molar-refractivity contribution in [3.8, 4) is 0 Å². The minimum absolute atomic E-state index is 0.0593. The molecule has 2 N–H and O–H groups in total. The number of rotatable bonds is 4. The van der Waals surface area contributed by atoms with E-state index in [1.54, 1.807) is 6.92 Å². The molecule has 1 atom stereocenters. The smallest absolute Gasteiger partial charge is 0.385 e. The number of hydrogen-bond donors (Lipinski definition) is 2. The second kappa shape index (κ2) is 5.74. The zero-order chi connectivity index (χ0) is 15.6. The number of nitrogens with one attached hydrogen (secondary N) is 1. The molecule has 0 radical (unpaired) electrons. The first-order valence-electron chi connectivity index (χ1n) is 6.57. The van der Waals surface area contributed by atoms with Crippen molar-refractivity contribution in [2.75, 3.05) is 6.54 Å². The maximum Gasteiger partial charge on any atom is 0.416 e. The number of alkyl halides is 3. The second-order valence-corrected chi connectivity index (χ2v) is 6.28. The monoisotopic (exact) mass is 289 g/mol. The van der Waals surface area contributed by atoms with Gasteiger partial charge in [0.05, 0.1) is 11.2 Å². The lowest BCUT2D eigenvalue weighted by Crippen LogP contribution is -2.39. The van der Waals surface area contributed by atoms with Gasteiger partial charge in [0.15, 0.2) is 0 Å². The summed E-state index contributed by atoms with van der Waals surface area (Å²) < 4.78 is 37.4. The molecule has 0 aromatic heterocycles. The van der Waals surface area contributed by atoms with Crippen LogP contribution in [0.25, 0.3) is 0 Å². The van der Waals surface area contributed by atoms with Crippen LogP contribution in [0.1, 0.15) is 45.2 Å². The Morgan fingerprint density at radius 2 is 1.40 bits per heavy atom. The predicted octanol–water partition coefficient (Wildman–Crippen LogP) is 3.69. The Balaban J connectivity index is 2.73. The van der Waals surface area contributed by atoms with Crippen molar-refractivity contribution >= 4 is 0 Å². The SMILES string of the molecule is CC(C)(C)NCCC(C)(O)c1ccc(C(F)(F)F)cc1. The van der Waals surface area contributed by atoms with Gasteiger partial charge in [0, 0.05) is 5.54 Å². The van der Waals surface area contributed by atoms with Gasteiger partial charge in [0.1, 0.15) is 0 Å². The molecule has 0 bridgehead atoms. The molecule has 0 aliphatic rings. The van der Waals surface area contributed by atoms with Crippen LogP contribution < -0.4 is 5.32 Å². The standard InChI is InChI=1S/C15H22F3NO/c1-13(2,3)19-10-9-14(4,20)11-5-7-12(8-6-11)15(16,17)18/h5-8,19-20H,9-10H2,1-4H3. The highest BCUT2D eigenvalue weighted by Crippen LogP contribution is 2.31. The lowest BCUT2D eigenvalue weighted by molar-refractivity contribution is -0.137. The van der Waals surface area contributed by atoms with Gasteiger partial charge in [0.25, 0.3) is 0 Å². The molecule has 20 heavy (non-hydrogen) atoms. The van der Waals surface area contributed by atoms with Gasteiger partial charge in [-0.25, -0.2) is 0 Å². The Morgan fingerprint density at radius 1 is 0.950 bits per heavy atom. The van der Waals surface area contributed by atoms with Crippen molar-refractivity contribution in [3.05, 3.63) is 35.4 Å². The minimum Gasteiger partial charge on any atom is -0.385 e. The number of hydrogen-bond acceptors (Lipinski definition) is 2. The molecule has 0 aliphatic heterocycles. The normalized spacial score (nSPS) is 16.0. The van der Waals surface area contributed by atoms with E-state index in [2.05, 4.69) is 5.32 Å². The van der Waals surface area contributed by atoms with Crippen molar-refractivity contribution in [3.63, 3.8) is 0 Å². The van der Waals surface area contributed by atoms with E-state index in [1.165, 1.54) is 12.1 Å². The number of aliphatic hydroxyl groups is 1. The first-order valence-corrected chi connectivity index (χ1v) is 6.57. The predicted molar refractivity (Wildman–Crippen MR) is 73.4 cm³/mol. The van der Waals surface area contributed by atoms with Gasteiger partial charge in [0.2, 0.25) is 0 Å². The Kier molecular flexibility index (Phi) is 4.87. The summed E-state index contributed by atoms with van der Waals surface area (Å²) in [5, 5.41) is 13.6. The number of benzene rings is 1. The molecule has 1 aromatic carbocycles. The summed E-state index contributed by atoms with van der Waals surface area (Å²) in [4.78, 5) is 0. The van der Waals surface area contributed by atoms with Crippen LogP contribution in [0.5, 0.6) is 0 Å². The van der Waals surface area contributed by atoms with E-state index in [0.29, 0.717) is 18.5 Å². The third-order valence-electron chi connectivity index (χ3n) is 3.10. The van der Waals surface area contributed by atoms with E-state index in [4.69, 9.17) is 0 Å². The van der Waals surface area contributed by atoms with Crippen LogP contribution in [0.2, 0.25) is 0 Å². The maximum absolute atomic E-state index is 12.5. The van der Waals surface area contributed by atoms with Crippen LogP contribution in [-0.4, -0.2) is 17.2 Å². The molecule has 5 heteroatoms. The van der Waals surface area contributed by atoms with Gasteiger partial charge in [-0.05, 0) is 58.4 Å². The lowest BCUT2D eigenvalue weighted by Gasteiger charge is -2.27. The van der Waals surface area contributed by atoms with Crippen molar-refractivity contribution < 1.29 is 18.3 Å². The van der Waals surface area contributed by atoms with Gasteiger partial charge in [-0.1, -0.05) is 12.1 Å². The summed E-state index contributed by atoms with van der Waals surface area (Å²) in [5.74, 6) is 0. The molecule has 2 nitrogen and oxygen atoms in total. The quantitative estimate of drug-likeness (QED) is 0.886. The van der Waals surface area contributed by atoms with E-state index < -0.39 is 17.3 Å². The summed E-state index contributed by atoms with van der Waals surface area (Å²) in [6, 6.07) is 4.67. The van der Waals surface area contributed by atoms with Gasteiger partial charge in [-0.3, -0.25) is 0 Å². The molecule has 0 amide bonds. The van der Waals surface area contributed by atoms with Crippen molar-refractivity contribution in [2.45, 2.75) is 51.4 Å². The molecule has 114 valence electrons. The fraction of sp³-hybridized carbons (Fsp3) is 0.600. The van der Waals surface area contributed by atoms with E-state index in [9.17, 15) is 18.3 Å². The second-order valence-electron chi connectivity index (χ2n) is 6.28. The van der Waals surface area contributed by atoms with E-state index >= 15 is 0 Å². The molecule has 1 rings (SSSR count).